The molecule has 0 radical (unpaired) electrons. The van der Waals surface area contributed by atoms with Gasteiger partial charge < -0.3 is 0 Å². The predicted molar refractivity (Wildman–Crippen MR) is 87.8 cm³/mol. The molecule has 0 saturated carbocycles. The zero-order chi connectivity index (χ0) is 15.7. The zero-order valence-electron chi connectivity index (χ0n) is 12.4. The van der Waals surface area contributed by atoms with Gasteiger partial charge >= 0.3 is 0 Å². The van der Waals surface area contributed by atoms with Gasteiger partial charge in [0.15, 0.2) is 11.6 Å². The second-order valence-corrected chi connectivity index (χ2v) is 6.16. The van der Waals surface area contributed by atoms with E-state index in [1.807, 2.05) is 12.1 Å². The second-order valence-electron chi connectivity index (χ2n) is 5.72. The Morgan fingerprint density at radius 2 is 1.45 bits per heavy atom. The fraction of sp³-hybridized carbons (Fsp3) is 0.263. The molecule has 2 nitrogen and oxygen atoms in total. The molecule has 0 aliphatic heterocycles. The molecule has 1 aliphatic rings. The molecular formula is C19H17ClO2. The van der Waals surface area contributed by atoms with Gasteiger partial charge in [-0.1, -0.05) is 67.8 Å². The van der Waals surface area contributed by atoms with Crippen LogP contribution in [0.25, 0.3) is 0 Å². The molecule has 3 heteroatoms. The van der Waals surface area contributed by atoms with E-state index in [1.54, 1.807) is 36.4 Å². The summed E-state index contributed by atoms with van der Waals surface area (Å²) in [7, 11) is 0. The molecular weight excluding hydrogens is 296 g/mol. The van der Waals surface area contributed by atoms with Crippen molar-refractivity contribution < 1.29 is 9.59 Å². The molecule has 0 bridgehead atoms. The van der Waals surface area contributed by atoms with Crippen LogP contribution in [-0.2, 0) is 5.41 Å². The SMILES string of the molecule is CCCCC1(c2ccc(Cl)cc2)C(=O)c2ccccc2C1=O. The largest absolute Gasteiger partial charge is 0.293 e. The molecule has 2 aromatic carbocycles. The Balaban J connectivity index is 2.18. The molecule has 0 fully saturated rings. The first-order chi connectivity index (χ1) is 10.6. The minimum Gasteiger partial charge on any atom is -0.293 e. The Labute approximate surface area is 135 Å². The summed E-state index contributed by atoms with van der Waals surface area (Å²) in [4.78, 5) is 26.1. The van der Waals surface area contributed by atoms with E-state index in [0.29, 0.717) is 22.6 Å². The molecule has 2 aromatic rings. The van der Waals surface area contributed by atoms with E-state index in [9.17, 15) is 9.59 Å². The summed E-state index contributed by atoms with van der Waals surface area (Å²) < 4.78 is 0. The molecule has 0 heterocycles. The molecule has 0 spiro atoms. The molecule has 112 valence electrons. The second kappa shape index (κ2) is 5.69. The van der Waals surface area contributed by atoms with Crippen LogP contribution in [0.3, 0.4) is 0 Å². The minimum absolute atomic E-state index is 0.0797. The average Bonchev–Trinajstić information content (AvgIpc) is 2.76. The first kappa shape index (κ1) is 15.0. The molecule has 0 aromatic heterocycles. The van der Waals surface area contributed by atoms with Crippen LogP contribution < -0.4 is 0 Å². The van der Waals surface area contributed by atoms with Crippen molar-refractivity contribution in [2.24, 2.45) is 0 Å². The van der Waals surface area contributed by atoms with Gasteiger partial charge in [-0.25, -0.2) is 0 Å². The van der Waals surface area contributed by atoms with Crippen LogP contribution in [0.4, 0.5) is 0 Å². The fourth-order valence-corrected chi connectivity index (χ4v) is 3.38. The van der Waals surface area contributed by atoms with Crippen molar-refractivity contribution in [1.29, 1.82) is 0 Å². The topological polar surface area (TPSA) is 34.1 Å². The number of fused-ring (bicyclic) bond motifs is 1. The summed E-state index contributed by atoms with van der Waals surface area (Å²) in [5, 5.41) is 0.602. The van der Waals surface area contributed by atoms with Crippen molar-refractivity contribution >= 4 is 23.2 Å². The predicted octanol–water partition coefficient (Wildman–Crippen LogP) is 4.85. The Hall–Kier alpha value is -1.93. The van der Waals surface area contributed by atoms with E-state index < -0.39 is 5.41 Å². The number of halogens is 1. The van der Waals surface area contributed by atoms with Gasteiger partial charge in [-0.3, -0.25) is 9.59 Å². The van der Waals surface area contributed by atoms with Crippen LogP contribution in [0, 0.1) is 0 Å². The van der Waals surface area contributed by atoms with Crippen molar-refractivity contribution in [3.05, 3.63) is 70.2 Å². The maximum atomic E-state index is 13.1. The zero-order valence-corrected chi connectivity index (χ0v) is 13.2. The number of hydrogen-bond acceptors (Lipinski definition) is 2. The number of hydrogen-bond donors (Lipinski definition) is 0. The van der Waals surface area contributed by atoms with Gasteiger partial charge in [-0.05, 0) is 24.1 Å². The van der Waals surface area contributed by atoms with Crippen LogP contribution in [0.5, 0.6) is 0 Å². The number of carbonyl (C=O) groups excluding carboxylic acids is 2. The van der Waals surface area contributed by atoms with E-state index in [0.717, 1.165) is 18.4 Å². The van der Waals surface area contributed by atoms with Crippen molar-refractivity contribution in [2.45, 2.75) is 31.6 Å². The van der Waals surface area contributed by atoms with Gasteiger partial charge in [0.1, 0.15) is 5.41 Å². The summed E-state index contributed by atoms with van der Waals surface area (Å²) in [6.07, 6.45) is 2.30. The van der Waals surface area contributed by atoms with Gasteiger partial charge in [0.2, 0.25) is 0 Å². The lowest BCUT2D eigenvalue weighted by Gasteiger charge is -2.26. The number of rotatable bonds is 4. The summed E-state index contributed by atoms with van der Waals surface area (Å²) in [6.45, 7) is 2.06. The lowest BCUT2D eigenvalue weighted by molar-refractivity contribution is 0.0781. The standard InChI is InChI=1S/C19H17ClO2/c1-2-3-12-19(13-8-10-14(20)11-9-13)17(21)15-6-4-5-7-16(15)18(19)22/h4-11H,2-3,12H2,1H3. The number of benzene rings is 2. The van der Waals surface area contributed by atoms with Gasteiger partial charge in [-0.15, -0.1) is 0 Å². The minimum atomic E-state index is -1.08. The van der Waals surface area contributed by atoms with Crippen LogP contribution in [-0.4, -0.2) is 11.6 Å². The summed E-state index contributed by atoms with van der Waals surface area (Å²) in [5.74, 6) is -0.159. The third kappa shape index (κ3) is 2.10. The van der Waals surface area contributed by atoms with Gasteiger partial charge in [-0.2, -0.15) is 0 Å². The molecule has 0 amide bonds. The van der Waals surface area contributed by atoms with E-state index in [2.05, 4.69) is 6.92 Å². The molecule has 0 saturated heterocycles. The Kier molecular flexibility index (Phi) is 3.88. The number of carbonyl (C=O) groups is 2. The monoisotopic (exact) mass is 312 g/mol. The highest BCUT2D eigenvalue weighted by Crippen LogP contribution is 2.43. The Morgan fingerprint density at radius 3 is 1.95 bits per heavy atom. The summed E-state index contributed by atoms with van der Waals surface area (Å²) >= 11 is 5.96. The number of Topliss-reactive ketones (excluding diaryl/α,β-unsaturated/α-hetero) is 2. The van der Waals surface area contributed by atoms with Crippen molar-refractivity contribution in [3.8, 4) is 0 Å². The Morgan fingerprint density at radius 1 is 0.909 bits per heavy atom. The van der Waals surface area contributed by atoms with Crippen molar-refractivity contribution in [2.75, 3.05) is 0 Å². The number of unbranched alkanes of at least 4 members (excludes halogenated alkanes) is 1. The lowest BCUT2D eigenvalue weighted by atomic mass is 9.72. The maximum Gasteiger partial charge on any atom is 0.181 e. The van der Waals surface area contributed by atoms with Crippen LogP contribution in [0.15, 0.2) is 48.5 Å². The molecule has 1 aliphatic carbocycles. The molecule has 0 atom stereocenters. The van der Waals surface area contributed by atoms with E-state index in [4.69, 9.17) is 11.6 Å². The smallest absolute Gasteiger partial charge is 0.181 e. The first-order valence-electron chi connectivity index (χ1n) is 7.56. The summed E-state index contributed by atoms with van der Waals surface area (Å²) in [6, 6.07) is 14.2. The van der Waals surface area contributed by atoms with E-state index in [1.165, 1.54) is 0 Å². The van der Waals surface area contributed by atoms with E-state index >= 15 is 0 Å². The van der Waals surface area contributed by atoms with Gasteiger partial charge in [0.25, 0.3) is 0 Å². The quantitative estimate of drug-likeness (QED) is 0.756. The molecule has 0 unspecified atom stereocenters. The highest BCUT2D eigenvalue weighted by molar-refractivity contribution is 6.33. The molecule has 3 rings (SSSR count). The fourth-order valence-electron chi connectivity index (χ4n) is 3.25. The first-order valence-corrected chi connectivity index (χ1v) is 7.93. The van der Waals surface area contributed by atoms with Gasteiger partial charge in [0.05, 0.1) is 0 Å². The maximum absolute atomic E-state index is 13.1. The normalized spacial score (nSPS) is 15.9. The molecule has 22 heavy (non-hydrogen) atoms. The van der Waals surface area contributed by atoms with Crippen molar-refractivity contribution in [1.82, 2.24) is 0 Å². The third-order valence-electron chi connectivity index (χ3n) is 4.43. The average molecular weight is 313 g/mol. The van der Waals surface area contributed by atoms with Crippen LogP contribution in [0.2, 0.25) is 5.02 Å². The highest BCUT2D eigenvalue weighted by Gasteiger charge is 2.53. The van der Waals surface area contributed by atoms with E-state index in [-0.39, 0.29) is 11.6 Å². The summed E-state index contributed by atoms with van der Waals surface area (Å²) in [5.41, 5.74) is 0.748. The van der Waals surface area contributed by atoms with Crippen LogP contribution >= 0.6 is 11.6 Å². The highest BCUT2D eigenvalue weighted by atomic mass is 35.5. The van der Waals surface area contributed by atoms with Gasteiger partial charge in [0, 0.05) is 16.1 Å². The number of ketones is 2. The van der Waals surface area contributed by atoms with Crippen LogP contribution in [0.1, 0.15) is 52.5 Å². The molecule has 0 N–H and O–H groups in total. The van der Waals surface area contributed by atoms with Crippen molar-refractivity contribution in [3.63, 3.8) is 0 Å². The Bertz CT molecular complexity index is 696. The third-order valence-corrected chi connectivity index (χ3v) is 4.69. The lowest BCUT2D eigenvalue weighted by Crippen LogP contribution is -2.38.